The molecule has 0 aliphatic heterocycles. The molecule has 0 aliphatic rings. The molecule has 0 saturated carbocycles. The lowest BCUT2D eigenvalue weighted by atomic mass is 10.1. The van der Waals surface area contributed by atoms with Gasteiger partial charge in [-0.2, -0.15) is 0 Å². The molecule has 0 aliphatic carbocycles. The van der Waals surface area contributed by atoms with Crippen LogP contribution in [-0.4, -0.2) is 21.0 Å². The molecule has 3 nitrogen and oxygen atoms in total. The molecule has 0 fully saturated rings. The van der Waals surface area contributed by atoms with E-state index in [4.69, 9.17) is 0 Å². The Hall–Kier alpha value is -0.970. The monoisotopic (exact) mass is 225 g/mol. The number of thiazole rings is 1. The van der Waals surface area contributed by atoms with Crippen molar-refractivity contribution in [1.82, 2.24) is 4.98 Å². The quantitative estimate of drug-likeness (QED) is 0.609. The number of hydrogen-bond acceptors (Lipinski definition) is 4. The van der Waals surface area contributed by atoms with Gasteiger partial charge >= 0.3 is 0 Å². The summed E-state index contributed by atoms with van der Waals surface area (Å²) in [6, 6.07) is 0. The standard InChI is InChI=1S/C11H15NO2S/c1-4-11(13,14)6-8(2)5-10-7-15-9(3)12-10/h4-5,7,13-14H,1,6H2,2-3H3/b8-5+. The van der Waals surface area contributed by atoms with Gasteiger partial charge in [0, 0.05) is 11.8 Å². The maximum atomic E-state index is 9.36. The Balaban J connectivity index is 2.72. The number of nitrogens with zero attached hydrogens (tertiary/aromatic N) is 1. The molecule has 0 bridgehead atoms. The summed E-state index contributed by atoms with van der Waals surface area (Å²) in [4.78, 5) is 4.26. The van der Waals surface area contributed by atoms with Gasteiger partial charge in [0.2, 0.25) is 0 Å². The maximum absolute atomic E-state index is 9.36. The van der Waals surface area contributed by atoms with Gasteiger partial charge < -0.3 is 10.2 Å². The Morgan fingerprint density at radius 1 is 1.67 bits per heavy atom. The van der Waals surface area contributed by atoms with E-state index >= 15 is 0 Å². The lowest BCUT2D eigenvalue weighted by Gasteiger charge is -2.16. The predicted octanol–water partition coefficient (Wildman–Crippen LogP) is 2.11. The SMILES string of the molecule is C=CC(O)(O)C/C(C)=C/c1csc(C)n1. The Kier molecular flexibility index (Phi) is 3.79. The summed E-state index contributed by atoms with van der Waals surface area (Å²) in [5, 5.41) is 21.6. The Bertz CT molecular complexity index is 380. The van der Waals surface area contributed by atoms with E-state index in [1.807, 2.05) is 25.3 Å². The van der Waals surface area contributed by atoms with Gasteiger partial charge in [0.05, 0.1) is 10.7 Å². The van der Waals surface area contributed by atoms with Crippen LogP contribution in [0.15, 0.2) is 23.6 Å². The second kappa shape index (κ2) is 4.70. The number of hydrogen-bond donors (Lipinski definition) is 2. The molecule has 0 saturated heterocycles. The van der Waals surface area contributed by atoms with Crippen LogP contribution in [0.3, 0.4) is 0 Å². The van der Waals surface area contributed by atoms with Gasteiger partial charge in [-0.1, -0.05) is 12.2 Å². The molecular weight excluding hydrogens is 210 g/mol. The fourth-order valence-corrected chi connectivity index (χ4v) is 1.80. The Morgan fingerprint density at radius 3 is 2.80 bits per heavy atom. The Morgan fingerprint density at radius 2 is 2.33 bits per heavy atom. The second-order valence-electron chi connectivity index (χ2n) is 3.54. The van der Waals surface area contributed by atoms with Crippen LogP contribution in [0.1, 0.15) is 24.0 Å². The average molecular weight is 225 g/mol. The summed E-state index contributed by atoms with van der Waals surface area (Å²) in [6.07, 6.45) is 3.11. The minimum absolute atomic E-state index is 0.146. The highest BCUT2D eigenvalue weighted by Gasteiger charge is 2.18. The summed E-state index contributed by atoms with van der Waals surface area (Å²) in [6.45, 7) is 7.12. The van der Waals surface area contributed by atoms with E-state index in [1.54, 1.807) is 11.3 Å². The van der Waals surface area contributed by atoms with Crippen LogP contribution in [-0.2, 0) is 0 Å². The van der Waals surface area contributed by atoms with E-state index in [0.29, 0.717) is 0 Å². The zero-order valence-corrected chi connectivity index (χ0v) is 9.71. The number of rotatable bonds is 4. The number of aliphatic hydroxyl groups is 2. The smallest absolute Gasteiger partial charge is 0.186 e. The summed E-state index contributed by atoms with van der Waals surface area (Å²) < 4.78 is 0. The van der Waals surface area contributed by atoms with Crippen molar-refractivity contribution in [2.45, 2.75) is 26.1 Å². The minimum atomic E-state index is -1.83. The van der Waals surface area contributed by atoms with Gasteiger partial charge in [-0.05, 0) is 26.0 Å². The molecule has 0 spiro atoms. The highest BCUT2D eigenvalue weighted by molar-refractivity contribution is 7.09. The molecule has 1 rings (SSSR count). The van der Waals surface area contributed by atoms with Crippen molar-refractivity contribution in [1.29, 1.82) is 0 Å². The fourth-order valence-electron chi connectivity index (χ4n) is 1.23. The summed E-state index contributed by atoms with van der Waals surface area (Å²) in [5.74, 6) is -1.83. The summed E-state index contributed by atoms with van der Waals surface area (Å²) in [7, 11) is 0. The molecule has 0 aromatic carbocycles. The average Bonchev–Trinajstić information content (AvgIpc) is 2.50. The summed E-state index contributed by atoms with van der Waals surface area (Å²) in [5.41, 5.74) is 1.71. The molecule has 0 amide bonds. The van der Waals surface area contributed by atoms with Crippen molar-refractivity contribution < 1.29 is 10.2 Å². The van der Waals surface area contributed by atoms with Crippen molar-refractivity contribution in [3.05, 3.63) is 34.3 Å². The Labute approximate surface area is 93.4 Å². The van der Waals surface area contributed by atoms with Crippen LogP contribution < -0.4 is 0 Å². The van der Waals surface area contributed by atoms with E-state index in [1.165, 1.54) is 0 Å². The van der Waals surface area contributed by atoms with Gasteiger partial charge in [-0.25, -0.2) is 4.98 Å². The lowest BCUT2D eigenvalue weighted by molar-refractivity contribution is -0.115. The van der Waals surface area contributed by atoms with Gasteiger partial charge in [-0.15, -0.1) is 11.3 Å². The molecule has 4 heteroatoms. The van der Waals surface area contributed by atoms with Crippen LogP contribution in [0.2, 0.25) is 0 Å². The zero-order valence-electron chi connectivity index (χ0n) is 8.90. The molecule has 2 N–H and O–H groups in total. The van der Waals surface area contributed by atoms with E-state index in [2.05, 4.69) is 11.6 Å². The highest BCUT2D eigenvalue weighted by atomic mass is 32.1. The third kappa shape index (κ3) is 3.95. The van der Waals surface area contributed by atoms with Gasteiger partial charge in [0.1, 0.15) is 0 Å². The summed E-state index contributed by atoms with van der Waals surface area (Å²) >= 11 is 1.57. The predicted molar refractivity (Wildman–Crippen MR) is 62.5 cm³/mol. The van der Waals surface area contributed by atoms with Crippen molar-refractivity contribution in [3.8, 4) is 0 Å². The first-order valence-electron chi connectivity index (χ1n) is 4.60. The molecule has 82 valence electrons. The first kappa shape index (κ1) is 12.1. The van der Waals surface area contributed by atoms with Crippen molar-refractivity contribution in [2.75, 3.05) is 0 Å². The third-order valence-corrected chi connectivity index (χ3v) is 2.69. The maximum Gasteiger partial charge on any atom is 0.186 e. The van der Waals surface area contributed by atoms with Crippen molar-refractivity contribution in [3.63, 3.8) is 0 Å². The van der Waals surface area contributed by atoms with Crippen LogP contribution in [0, 0.1) is 6.92 Å². The van der Waals surface area contributed by atoms with E-state index in [0.717, 1.165) is 22.4 Å². The molecule has 0 unspecified atom stereocenters. The van der Waals surface area contributed by atoms with Gasteiger partial charge in [0.25, 0.3) is 0 Å². The topological polar surface area (TPSA) is 53.4 Å². The molecular formula is C11H15NO2S. The normalized spacial score (nSPS) is 12.9. The molecule has 1 aromatic rings. The van der Waals surface area contributed by atoms with Crippen LogP contribution >= 0.6 is 11.3 Å². The molecule has 1 heterocycles. The fraction of sp³-hybridized carbons (Fsp3) is 0.364. The van der Waals surface area contributed by atoms with Gasteiger partial charge in [-0.3, -0.25) is 0 Å². The minimum Gasteiger partial charge on any atom is -0.362 e. The second-order valence-corrected chi connectivity index (χ2v) is 4.60. The first-order chi connectivity index (χ1) is 6.93. The van der Waals surface area contributed by atoms with Crippen molar-refractivity contribution in [2.24, 2.45) is 0 Å². The van der Waals surface area contributed by atoms with E-state index in [9.17, 15) is 10.2 Å². The van der Waals surface area contributed by atoms with E-state index < -0.39 is 5.79 Å². The van der Waals surface area contributed by atoms with Crippen LogP contribution in [0.25, 0.3) is 6.08 Å². The van der Waals surface area contributed by atoms with Crippen LogP contribution in [0.5, 0.6) is 0 Å². The number of aromatic nitrogens is 1. The first-order valence-corrected chi connectivity index (χ1v) is 5.48. The van der Waals surface area contributed by atoms with Crippen molar-refractivity contribution >= 4 is 17.4 Å². The van der Waals surface area contributed by atoms with Gasteiger partial charge in [0.15, 0.2) is 5.79 Å². The third-order valence-electron chi connectivity index (χ3n) is 1.90. The number of aryl methyl sites for hydroxylation is 1. The largest absolute Gasteiger partial charge is 0.362 e. The highest BCUT2D eigenvalue weighted by Crippen LogP contribution is 2.18. The lowest BCUT2D eigenvalue weighted by Crippen LogP contribution is -2.24. The van der Waals surface area contributed by atoms with E-state index in [-0.39, 0.29) is 6.42 Å². The molecule has 0 radical (unpaired) electrons. The van der Waals surface area contributed by atoms with Crippen LogP contribution in [0.4, 0.5) is 0 Å². The molecule has 0 atom stereocenters. The molecule has 1 aromatic heterocycles. The zero-order chi connectivity index (χ0) is 11.5. The molecule has 15 heavy (non-hydrogen) atoms.